The smallest absolute Gasteiger partial charge is 0.346 e. The van der Waals surface area contributed by atoms with Gasteiger partial charge in [0.1, 0.15) is 0 Å². The van der Waals surface area contributed by atoms with Crippen molar-refractivity contribution in [3.8, 4) is 0 Å². The highest BCUT2D eigenvalue weighted by Crippen LogP contribution is 2.30. The zero-order valence-corrected chi connectivity index (χ0v) is 15.9. The normalized spacial score (nSPS) is 12.5. The third-order valence-corrected chi connectivity index (χ3v) is 4.34. The van der Waals surface area contributed by atoms with E-state index in [0.29, 0.717) is 5.02 Å². The number of hydrogen-bond acceptors (Lipinski definition) is 3. The minimum atomic E-state index is -4.54. The van der Waals surface area contributed by atoms with Crippen molar-refractivity contribution < 1.29 is 22.8 Å². The van der Waals surface area contributed by atoms with Crippen LogP contribution >= 0.6 is 11.6 Å². The highest BCUT2D eigenvalue weighted by molar-refractivity contribution is 6.39. The van der Waals surface area contributed by atoms with Crippen molar-refractivity contribution in [2.75, 3.05) is 26.0 Å². The number of amides is 2. The highest BCUT2D eigenvalue weighted by Gasteiger charge is 2.30. The van der Waals surface area contributed by atoms with E-state index in [2.05, 4.69) is 10.6 Å². The van der Waals surface area contributed by atoms with Crippen LogP contribution in [0.25, 0.3) is 0 Å². The quantitative estimate of drug-likeness (QED) is 0.734. The number of anilines is 1. The van der Waals surface area contributed by atoms with Gasteiger partial charge in [-0.3, -0.25) is 9.59 Å². The lowest BCUT2D eigenvalue weighted by Gasteiger charge is -2.25. The summed E-state index contributed by atoms with van der Waals surface area (Å²) >= 11 is 6.19. The molecule has 28 heavy (non-hydrogen) atoms. The molecule has 0 radical (unpaired) electrons. The topological polar surface area (TPSA) is 61.4 Å². The zero-order chi connectivity index (χ0) is 20.9. The molecular formula is C19H19ClF3N3O2. The average molecular weight is 414 g/mol. The largest absolute Gasteiger partial charge is 0.416 e. The summed E-state index contributed by atoms with van der Waals surface area (Å²) in [5, 5.41) is 5.17. The Labute approximate surface area is 165 Å². The predicted octanol–water partition coefficient (Wildman–Crippen LogP) is 3.72. The fraction of sp³-hybridized carbons (Fsp3) is 0.263. The Morgan fingerprint density at radius 3 is 2.36 bits per heavy atom. The summed E-state index contributed by atoms with van der Waals surface area (Å²) < 4.78 is 38.2. The van der Waals surface area contributed by atoms with Gasteiger partial charge in [-0.25, -0.2) is 0 Å². The van der Waals surface area contributed by atoms with Gasteiger partial charge in [0.25, 0.3) is 0 Å². The third kappa shape index (κ3) is 5.71. The second-order valence-corrected chi connectivity index (χ2v) is 6.65. The molecule has 9 heteroatoms. The van der Waals surface area contributed by atoms with Crippen molar-refractivity contribution in [2.45, 2.75) is 12.2 Å². The summed E-state index contributed by atoms with van der Waals surface area (Å²) in [4.78, 5) is 25.9. The first-order valence-corrected chi connectivity index (χ1v) is 8.64. The predicted molar refractivity (Wildman–Crippen MR) is 101 cm³/mol. The van der Waals surface area contributed by atoms with Crippen LogP contribution in [0.15, 0.2) is 48.5 Å². The summed E-state index contributed by atoms with van der Waals surface area (Å²) in [7, 11) is 3.59. The van der Waals surface area contributed by atoms with E-state index in [9.17, 15) is 22.8 Å². The van der Waals surface area contributed by atoms with E-state index in [4.69, 9.17) is 11.6 Å². The summed E-state index contributed by atoms with van der Waals surface area (Å²) in [6, 6.07) is 10.9. The zero-order valence-electron chi connectivity index (χ0n) is 15.2. The standard InChI is InChI=1S/C19H19ClF3N3O2/c1-26(2)16(14-8-3-4-9-15(14)20)11-24-17(27)18(28)25-13-7-5-6-12(10-13)19(21,22)23/h3-10,16H,11H2,1-2H3,(H,24,27)(H,25,28)/t16-/m1/s1. The van der Waals surface area contributed by atoms with Crippen molar-refractivity contribution >= 4 is 29.1 Å². The SMILES string of the molecule is CN(C)[C@H](CNC(=O)C(=O)Nc1cccc(C(F)(F)F)c1)c1ccccc1Cl. The third-order valence-electron chi connectivity index (χ3n) is 4.00. The number of carbonyl (C=O) groups is 2. The molecule has 2 aromatic carbocycles. The Morgan fingerprint density at radius 1 is 1.07 bits per heavy atom. The Morgan fingerprint density at radius 2 is 1.75 bits per heavy atom. The number of hydrogen-bond donors (Lipinski definition) is 2. The van der Waals surface area contributed by atoms with E-state index >= 15 is 0 Å². The van der Waals surface area contributed by atoms with Crippen LogP contribution in [-0.4, -0.2) is 37.4 Å². The van der Waals surface area contributed by atoms with Gasteiger partial charge in [-0.1, -0.05) is 35.9 Å². The molecule has 2 aromatic rings. The molecule has 2 amide bonds. The van der Waals surface area contributed by atoms with Crippen molar-refractivity contribution in [1.82, 2.24) is 10.2 Å². The molecule has 2 N–H and O–H groups in total. The monoisotopic (exact) mass is 413 g/mol. The molecular weight excluding hydrogens is 395 g/mol. The van der Waals surface area contributed by atoms with Gasteiger partial charge in [-0.2, -0.15) is 13.2 Å². The first-order valence-electron chi connectivity index (χ1n) is 8.27. The molecule has 150 valence electrons. The Hall–Kier alpha value is -2.58. The number of halogens is 4. The Kier molecular flexibility index (Phi) is 7.04. The van der Waals surface area contributed by atoms with Crippen LogP contribution in [0.2, 0.25) is 5.02 Å². The molecule has 0 aliphatic rings. The molecule has 0 unspecified atom stereocenters. The van der Waals surface area contributed by atoms with Crippen molar-refractivity contribution in [1.29, 1.82) is 0 Å². The summed E-state index contributed by atoms with van der Waals surface area (Å²) in [6.07, 6.45) is -4.54. The van der Waals surface area contributed by atoms with Crippen molar-refractivity contribution in [3.63, 3.8) is 0 Å². The molecule has 0 aliphatic carbocycles. The van der Waals surface area contributed by atoms with E-state index in [0.717, 1.165) is 23.8 Å². The number of rotatable bonds is 5. The number of nitrogens with one attached hydrogen (secondary N) is 2. The van der Waals surface area contributed by atoms with Gasteiger partial charge >= 0.3 is 18.0 Å². The lowest BCUT2D eigenvalue weighted by atomic mass is 10.1. The molecule has 0 saturated carbocycles. The number of carbonyl (C=O) groups excluding carboxylic acids is 2. The maximum absolute atomic E-state index is 12.7. The number of alkyl halides is 3. The fourth-order valence-electron chi connectivity index (χ4n) is 2.55. The first kappa shape index (κ1) is 21.7. The Balaban J connectivity index is 2.02. The molecule has 5 nitrogen and oxygen atoms in total. The van der Waals surface area contributed by atoms with E-state index in [1.807, 2.05) is 11.0 Å². The average Bonchev–Trinajstić information content (AvgIpc) is 2.62. The first-order chi connectivity index (χ1) is 13.1. The van der Waals surface area contributed by atoms with Crippen LogP contribution in [0.5, 0.6) is 0 Å². The highest BCUT2D eigenvalue weighted by atomic mass is 35.5. The summed E-state index contributed by atoms with van der Waals surface area (Å²) in [5.74, 6) is -2.02. The minimum Gasteiger partial charge on any atom is -0.346 e. The van der Waals surface area contributed by atoms with Crippen molar-refractivity contribution in [2.24, 2.45) is 0 Å². The molecule has 0 saturated heterocycles. The van der Waals surface area contributed by atoms with Crippen LogP contribution in [0.3, 0.4) is 0 Å². The van der Waals surface area contributed by atoms with Crippen LogP contribution in [-0.2, 0) is 15.8 Å². The van der Waals surface area contributed by atoms with E-state index in [-0.39, 0.29) is 18.3 Å². The van der Waals surface area contributed by atoms with Crippen LogP contribution < -0.4 is 10.6 Å². The van der Waals surface area contributed by atoms with E-state index < -0.39 is 23.6 Å². The fourth-order valence-corrected chi connectivity index (χ4v) is 2.81. The van der Waals surface area contributed by atoms with Gasteiger partial charge in [0.15, 0.2) is 0 Å². The lowest BCUT2D eigenvalue weighted by Crippen LogP contribution is -2.40. The van der Waals surface area contributed by atoms with Crippen LogP contribution in [0, 0.1) is 0 Å². The van der Waals surface area contributed by atoms with Gasteiger partial charge < -0.3 is 15.5 Å². The summed E-state index contributed by atoms with van der Waals surface area (Å²) in [6.45, 7) is 0.0889. The van der Waals surface area contributed by atoms with Gasteiger partial charge in [0.05, 0.1) is 11.6 Å². The number of nitrogens with zero attached hydrogens (tertiary/aromatic N) is 1. The second kappa shape index (κ2) is 9.07. The maximum atomic E-state index is 12.7. The Bertz CT molecular complexity index is 856. The van der Waals surface area contributed by atoms with Gasteiger partial charge in [-0.05, 0) is 43.9 Å². The van der Waals surface area contributed by atoms with E-state index in [1.165, 1.54) is 6.07 Å². The molecule has 0 bridgehead atoms. The molecule has 0 heterocycles. The molecule has 0 spiro atoms. The van der Waals surface area contributed by atoms with Crippen LogP contribution in [0.1, 0.15) is 17.2 Å². The number of benzene rings is 2. The maximum Gasteiger partial charge on any atom is 0.416 e. The lowest BCUT2D eigenvalue weighted by molar-refractivity contribution is -0.137. The molecule has 1 atom stereocenters. The molecule has 2 rings (SSSR count). The van der Waals surface area contributed by atoms with Crippen molar-refractivity contribution in [3.05, 3.63) is 64.7 Å². The van der Waals surface area contributed by atoms with E-state index in [1.54, 1.807) is 32.3 Å². The van der Waals surface area contributed by atoms with Gasteiger partial charge in [-0.15, -0.1) is 0 Å². The molecule has 0 fully saturated rings. The van der Waals surface area contributed by atoms with Gasteiger partial charge in [0.2, 0.25) is 0 Å². The summed E-state index contributed by atoms with van der Waals surface area (Å²) in [5.41, 5.74) is -0.268. The van der Waals surface area contributed by atoms with Crippen LogP contribution in [0.4, 0.5) is 18.9 Å². The molecule has 0 aromatic heterocycles. The number of likely N-dealkylation sites (N-methyl/N-ethyl adjacent to an activating group) is 1. The molecule has 0 aliphatic heterocycles. The van der Waals surface area contributed by atoms with Gasteiger partial charge in [0, 0.05) is 17.3 Å². The minimum absolute atomic E-state index is 0.0889. The second-order valence-electron chi connectivity index (χ2n) is 6.24.